The molecule has 4 nitrogen and oxygen atoms in total. The van der Waals surface area contributed by atoms with Crippen molar-refractivity contribution in [1.82, 2.24) is 15.0 Å². The lowest BCUT2D eigenvalue weighted by Crippen LogP contribution is -1.97. The van der Waals surface area contributed by atoms with Crippen molar-refractivity contribution >= 4 is 22.6 Å². The highest BCUT2D eigenvalue weighted by atomic mass is 35.5. The fourth-order valence-corrected chi connectivity index (χ4v) is 3.18. The summed E-state index contributed by atoms with van der Waals surface area (Å²) in [5, 5.41) is 1.66. The van der Waals surface area contributed by atoms with E-state index in [1.165, 1.54) is 0 Å². The van der Waals surface area contributed by atoms with Crippen LogP contribution in [-0.2, 0) is 6.42 Å². The average Bonchev–Trinajstić information content (AvgIpc) is 3.39. The van der Waals surface area contributed by atoms with E-state index in [9.17, 15) is 0 Å². The van der Waals surface area contributed by atoms with Gasteiger partial charge < -0.3 is 9.72 Å². The summed E-state index contributed by atoms with van der Waals surface area (Å²) in [5.74, 6) is 3.66. The van der Waals surface area contributed by atoms with E-state index in [4.69, 9.17) is 22.8 Å². The zero-order valence-electron chi connectivity index (χ0n) is 13.3. The third kappa shape index (κ3) is 2.61. The van der Waals surface area contributed by atoms with Crippen LogP contribution in [0.1, 0.15) is 42.6 Å². The van der Waals surface area contributed by atoms with Gasteiger partial charge in [-0.15, -0.1) is 6.42 Å². The van der Waals surface area contributed by atoms with Gasteiger partial charge >= 0.3 is 6.01 Å². The number of H-pyrrole nitrogens is 1. The highest BCUT2D eigenvalue weighted by molar-refractivity contribution is 6.36. The monoisotopic (exact) mass is 337 g/mol. The Kier molecular flexibility index (Phi) is 3.66. The Labute approximate surface area is 145 Å². The summed E-state index contributed by atoms with van der Waals surface area (Å²) in [6.45, 7) is 2.06. The van der Waals surface area contributed by atoms with Crippen LogP contribution in [0.4, 0.5) is 0 Å². The maximum atomic E-state index is 6.51. The number of aromatic amines is 1. The van der Waals surface area contributed by atoms with Crippen LogP contribution in [0.5, 0.6) is 11.8 Å². The van der Waals surface area contributed by atoms with Crippen LogP contribution in [0.15, 0.2) is 24.3 Å². The molecule has 1 aliphatic carbocycles. The number of halogens is 1. The van der Waals surface area contributed by atoms with Crippen molar-refractivity contribution in [3.8, 4) is 24.1 Å². The predicted molar refractivity (Wildman–Crippen MR) is 94.7 cm³/mol. The van der Waals surface area contributed by atoms with Gasteiger partial charge in [0.1, 0.15) is 11.4 Å². The molecule has 0 saturated heterocycles. The largest absolute Gasteiger partial charge is 0.424 e. The minimum atomic E-state index is 0.319. The normalized spacial score (nSPS) is 13.9. The van der Waals surface area contributed by atoms with Crippen LogP contribution in [-0.4, -0.2) is 15.0 Å². The summed E-state index contributed by atoms with van der Waals surface area (Å²) in [7, 11) is 0. The van der Waals surface area contributed by atoms with E-state index in [1.807, 2.05) is 18.2 Å². The molecule has 2 aromatic heterocycles. The van der Waals surface area contributed by atoms with E-state index in [2.05, 4.69) is 27.8 Å². The Balaban J connectivity index is 1.80. The maximum absolute atomic E-state index is 6.51. The number of aryl methyl sites for hydroxylation is 1. The van der Waals surface area contributed by atoms with Gasteiger partial charge in [-0.1, -0.05) is 30.5 Å². The van der Waals surface area contributed by atoms with E-state index in [-0.39, 0.29) is 0 Å². The Hall–Kier alpha value is -2.51. The summed E-state index contributed by atoms with van der Waals surface area (Å²) in [6.07, 6.45) is 8.51. The number of rotatable bonds is 4. The molecule has 1 N–H and O–H groups in total. The minimum absolute atomic E-state index is 0.319. The summed E-state index contributed by atoms with van der Waals surface area (Å²) in [6, 6.07) is 7.66. The molecule has 0 spiro atoms. The predicted octanol–water partition coefficient (Wildman–Crippen LogP) is 4.82. The quantitative estimate of drug-likeness (QED) is 0.694. The van der Waals surface area contributed by atoms with Gasteiger partial charge in [-0.05, 0) is 37.5 Å². The molecule has 0 bridgehead atoms. The first-order chi connectivity index (χ1) is 11.7. The molecule has 0 amide bonds. The molecular weight excluding hydrogens is 322 g/mol. The van der Waals surface area contributed by atoms with Gasteiger partial charge in [0.25, 0.3) is 0 Å². The molecule has 120 valence electrons. The molecule has 0 atom stereocenters. The van der Waals surface area contributed by atoms with Crippen molar-refractivity contribution in [3.63, 3.8) is 0 Å². The molecule has 3 aromatic rings. The van der Waals surface area contributed by atoms with E-state index in [1.54, 1.807) is 6.07 Å². The van der Waals surface area contributed by atoms with Gasteiger partial charge in [-0.25, -0.2) is 0 Å². The molecule has 24 heavy (non-hydrogen) atoms. The Morgan fingerprint density at radius 1 is 1.38 bits per heavy atom. The van der Waals surface area contributed by atoms with Gasteiger partial charge in [0.15, 0.2) is 0 Å². The minimum Gasteiger partial charge on any atom is -0.424 e. The number of fused-ring (bicyclic) bond motifs is 1. The summed E-state index contributed by atoms with van der Waals surface area (Å²) < 4.78 is 5.85. The Bertz CT molecular complexity index is 967. The number of hydrogen-bond donors (Lipinski definition) is 1. The molecular formula is C19H16ClN3O. The first-order valence-electron chi connectivity index (χ1n) is 8.02. The topological polar surface area (TPSA) is 50.8 Å². The van der Waals surface area contributed by atoms with Gasteiger partial charge in [0.05, 0.1) is 16.1 Å². The van der Waals surface area contributed by atoms with Crippen LogP contribution in [0.3, 0.4) is 0 Å². The van der Waals surface area contributed by atoms with Gasteiger partial charge in [-0.3, -0.25) is 0 Å². The van der Waals surface area contributed by atoms with Crippen LogP contribution < -0.4 is 4.74 Å². The van der Waals surface area contributed by atoms with Crippen LogP contribution in [0.2, 0.25) is 5.02 Å². The SMILES string of the molecule is C#Cc1cccc(Oc2nc(C3CC3)c3c(Cl)c(CC)[nH]c3n2)c1. The lowest BCUT2D eigenvalue weighted by atomic mass is 10.2. The Morgan fingerprint density at radius 3 is 2.92 bits per heavy atom. The molecule has 1 fully saturated rings. The third-order valence-electron chi connectivity index (χ3n) is 4.20. The molecule has 1 saturated carbocycles. The van der Waals surface area contributed by atoms with Crippen molar-refractivity contribution < 1.29 is 4.74 Å². The summed E-state index contributed by atoms with van der Waals surface area (Å²) in [4.78, 5) is 12.4. The van der Waals surface area contributed by atoms with E-state index < -0.39 is 0 Å². The zero-order chi connectivity index (χ0) is 16.7. The van der Waals surface area contributed by atoms with E-state index >= 15 is 0 Å². The average molecular weight is 338 g/mol. The number of hydrogen-bond acceptors (Lipinski definition) is 3. The second kappa shape index (κ2) is 5.85. The third-order valence-corrected chi connectivity index (χ3v) is 4.61. The zero-order valence-corrected chi connectivity index (χ0v) is 14.0. The lowest BCUT2D eigenvalue weighted by Gasteiger charge is -2.07. The second-order valence-electron chi connectivity index (χ2n) is 5.93. The molecule has 1 aromatic carbocycles. The summed E-state index contributed by atoms with van der Waals surface area (Å²) in [5.41, 5.74) is 3.45. The Morgan fingerprint density at radius 2 is 2.21 bits per heavy atom. The number of nitrogens with zero attached hydrogens (tertiary/aromatic N) is 2. The van der Waals surface area contributed by atoms with Gasteiger partial charge in [0.2, 0.25) is 0 Å². The van der Waals surface area contributed by atoms with Crippen molar-refractivity contribution in [1.29, 1.82) is 0 Å². The van der Waals surface area contributed by atoms with Crippen LogP contribution in [0.25, 0.3) is 11.0 Å². The molecule has 5 heteroatoms. The van der Waals surface area contributed by atoms with Crippen LogP contribution >= 0.6 is 11.6 Å². The number of nitrogens with one attached hydrogen (secondary N) is 1. The molecule has 4 rings (SSSR count). The molecule has 0 aliphatic heterocycles. The number of benzene rings is 1. The fourth-order valence-electron chi connectivity index (χ4n) is 2.81. The maximum Gasteiger partial charge on any atom is 0.324 e. The van der Waals surface area contributed by atoms with Crippen molar-refractivity contribution in [3.05, 3.63) is 46.2 Å². The van der Waals surface area contributed by atoms with Crippen molar-refractivity contribution in [2.24, 2.45) is 0 Å². The van der Waals surface area contributed by atoms with Gasteiger partial charge in [-0.2, -0.15) is 9.97 Å². The highest BCUT2D eigenvalue weighted by Gasteiger charge is 2.30. The number of terminal acetylenes is 1. The highest BCUT2D eigenvalue weighted by Crippen LogP contribution is 2.45. The number of aromatic nitrogens is 3. The van der Waals surface area contributed by atoms with E-state index in [0.717, 1.165) is 52.3 Å². The standard InChI is InChI=1S/C19H16ClN3O/c1-3-11-6-5-7-13(10-11)24-19-22-17(12-8-9-12)15-16(20)14(4-2)21-18(15)23-19/h1,5-7,10,12H,4,8-9H2,2H3,(H,21,22,23). The molecule has 2 heterocycles. The summed E-state index contributed by atoms with van der Waals surface area (Å²) >= 11 is 6.51. The van der Waals surface area contributed by atoms with Crippen LogP contribution in [0, 0.1) is 12.3 Å². The van der Waals surface area contributed by atoms with Crippen molar-refractivity contribution in [2.75, 3.05) is 0 Å². The fraction of sp³-hybridized carbons (Fsp3) is 0.263. The molecule has 0 unspecified atom stereocenters. The number of ether oxygens (including phenoxy) is 1. The van der Waals surface area contributed by atoms with Gasteiger partial charge in [0, 0.05) is 17.2 Å². The first kappa shape index (κ1) is 15.0. The first-order valence-corrected chi connectivity index (χ1v) is 8.40. The lowest BCUT2D eigenvalue weighted by molar-refractivity contribution is 0.442. The van der Waals surface area contributed by atoms with Crippen molar-refractivity contribution in [2.45, 2.75) is 32.1 Å². The smallest absolute Gasteiger partial charge is 0.324 e. The molecule has 0 radical (unpaired) electrons. The second-order valence-corrected chi connectivity index (χ2v) is 6.31. The van der Waals surface area contributed by atoms with E-state index in [0.29, 0.717) is 17.7 Å². The molecule has 1 aliphatic rings.